The molecule has 2 aliphatic heterocycles. The summed E-state index contributed by atoms with van der Waals surface area (Å²) in [6.45, 7) is 4.92. The van der Waals surface area contributed by atoms with Crippen molar-refractivity contribution in [2.45, 2.75) is 25.8 Å². The van der Waals surface area contributed by atoms with Gasteiger partial charge in [0.15, 0.2) is 11.6 Å². The Bertz CT molecular complexity index is 1420. The maximum atomic E-state index is 14.3. The fourth-order valence-electron chi connectivity index (χ4n) is 4.90. The molecule has 1 amide bonds. The number of hydrogen-bond acceptors (Lipinski definition) is 7. The third kappa shape index (κ3) is 5.01. The molecule has 3 N–H and O–H groups in total. The van der Waals surface area contributed by atoms with Gasteiger partial charge in [0.25, 0.3) is 11.5 Å². The third-order valence-corrected chi connectivity index (χ3v) is 6.82. The summed E-state index contributed by atoms with van der Waals surface area (Å²) in [6.07, 6.45) is 3.10. The molecule has 2 atom stereocenters. The quantitative estimate of drug-likeness (QED) is 0.407. The fraction of sp³-hybridized carbons (Fsp3) is 0.333. The minimum Gasteiger partial charge on any atom is -0.379 e. The van der Waals surface area contributed by atoms with Crippen molar-refractivity contribution in [2.24, 2.45) is 5.92 Å². The van der Waals surface area contributed by atoms with Crippen molar-refractivity contribution >= 4 is 29.2 Å². The summed E-state index contributed by atoms with van der Waals surface area (Å²) in [5.74, 6) is -2.18. The van der Waals surface area contributed by atoms with E-state index in [0.717, 1.165) is 49.8 Å². The predicted molar refractivity (Wildman–Crippen MR) is 141 cm³/mol. The van der Waals surface area contributed by atoms with Crippen molar-refractivity contribution in [1.82, 2.24) is 9.78 Å². The number of para-hydroxylation sites is 1. The van der Waals surface area contributed by atoms with Crippen molar-refractivity contribution in [3.8, 4) is 5.69 Å². The van der Waals surface area contributed by atoms with Gasteiger partial charge in [-0.15, -0.1) is 0 Å². The Morgan fingerprint density at radius 3 is 2.53 bits per heavy atom. The van der Waals surface area contributed by atoms with Crippen LogP contribution in [0.2, 0.25) is 0 Å². The monoisotopic (exact) mass is 522 g/mol. The number of nitrogens with one attached hydrogen (secondary N) is 3. The van der Waals surface area contributed by atoms with E-state index in [1.165, 1.54) is 18.3 Å². The van der Waals surface area contributed by atoms with Gasteiger partial charge in [-0.3, -0.25) is 9.59 Å². The summed E-state index contributed by atoms with van der Waals surface area (Å²) in [6, 6.07) is 9.13. The van der Waals surface area contributed by atoms with Crippen LogP contribution in [0.1, 0.15) is 35.8 Å². The fourth-order valence-corrected chi connectivity index (χ4v) is 4.90. The largest absolute Gasteiger partial charge is 0.379 e. The molecule has 0 aliphatic carbocycles. The molecule has 0 bridgehead atoms. The first-order chi connectivity index (χ1) is 18.4. The Kier molecular flexibility index (Phi) is 7.19. The normalized spacial score (nSPS) is 19.0. The van der Waals surface area contributed by atoms with Gasteiger partial charge in [0.2, 0.25) is 0 Å². The number of carbonyl (C=O) groups excluding carboxylic acids is 1. The van der Waals surface area contributed by atoms with Crippen LogP contribution in [0.5, 0.6) is 0 Å². The van der Waals surface area contributed by atoms with Crippen LogP contribution in [0.4, 0.5) is 25.8 Å². The van der Waals surface area contributed by atoms with Gasteiger partial charge in [0.1, 0.15) is 11.4 Å². The van der Waals surface area contributed by atoms with E-state index in [2.05, 4.69) is 27.6 Å². The molecule has 38 heavy (non-hydrogen) atoms. The lowest BCUT2D eigenvalue weighted by Gasteiger charge is -2.27. The highest BCUT2D eigenvalue weighted by molar-refractivity contribution is 6.08. The number of carbonyl (C=O) groups is 1. The molecule has 0 saturated carbocycles. The predicted octanol–water partition coefficient (Wildman–Crippen LogP) is 3.81. The zero-order valence-corrected chi connectivity index (χ0v) is 20.8. The second-order valence-electron chi connectivity index (χ2n) is 9.61. The molecule has 3 aromatic rings. The lowest BCUT2D eigenvalue weighted by atomic mass is 10.1. The van der Waals surface area contributed by atoms with Crippen LogP contribution in [-0.4, -0.2) is 54.2 Å². The number of rotatable bonds is 7. The standard InChI is InChI=1S/C27H28F2N6O3/c1-16-9-11-34(14-16)25-18(13-30)21(31-17-10-12-38-15-17)5-6-22(25)32-27(37)23-7-8-24(36)35(33-23)26-19(28)3-2-4-20(26)29/h2-8,13,16-17,30-31H,9-12,14-15H2,1H3,(H,32,37)/t16-,17?/m0/s1. The number of amides is 1. The van der Waals surface area contributed by atoms with Crippen LogP contribution < -0.4 is 21.1 Å². The summed E-state index contributed by atoms with van der Waals surface area (Å²) in [5, 5.41) is 18.4. The van der Waals surface area contributed by atoms with Crippen LogP contribution in [-0.2, 0) is 4.74 Å². The lowest BCUT2D eigenvalue weighted by Crippen LogP contribution is -2.28. The second kappa shape index (κ2) is 10.7. The average Bonchev–Trinajstić information content (AvgIpc) is 3.57. The SMILES string of the molecule is C[C@H]1CCN(c2c(NC(=O)c3ccc(=O)n(-c4c(F)cccc4F)n3)ccc(NC3CCOC3)c2C=N)C1. The van der Waals surface area contributed by atoms with Crippen LogP contribution in [0, 0.1) is 23.0 Å². The van der Waals surface area contributed by atoms with Crippen molar-refractivity contribution in [3.05, 3.63) is 75.7 Å². The van der Waals surface area contributed by atoms with Crippen molar-refractivity contribution in [1.29, 1.82) is 5.41 Å². The van der Waals surface area contributed by atoms with Gasteiger partial charge in [-0.2, -0.15) is 9.78 Å². The zero-order valence-electron chi connectivity index (χ0n) is 20.8. The minimum atomic E-state index is -0.978. The lowest BCUT2D eigenvalue weighted by molar-refractivity contribution is 0.102. The minimum absolute atomic E-state index is 0.128. The van der Waals surface area contributed by atoms with E-state index < -0.39 is 28.8 Å². The van der Waals surface area contributed by atoms with E-state index in [9.17, 15) is 18.4 Å². The van der Waals surface area contributed by atoms with Gasteiger partial charge in [-0.25, -0.2) is 8.78 Å². The van der Waals surface area contributed by atoms with E-state index >= 15 is 0 Å². The molecule has 0 spiro atoms. The molecule has 1 aromatic heterocycles. The molecule has 2 saturated heterocycles. The Balaban J connectivity index is 1.51. The van der Waals surface area contributed by atoms with Gasteiger partial charge < -0.3 is 25.7 Å². The van der Waals surface area contributed by atoms with E-state index in [1.807, 2.05) is 0 Å². The molecule has 2 fully saturated rings. The first kappa shape index (κ1) is 25.5. The molecular weight excluding hydrogens is 494 g/mol. The molecule has 0 radical (unpaired) electrons. The topological polar surface area (TPSA) is 112 Å². The number of halogens is 2. The number of hydrogen-bond donors (Lipinski definition) is 3. The second-order valence-corrected chi connectivity index (χ2v) is 9.61. The Morgan fingerprint density at radius 2 is 1.87 bits per heavy atom. The maximum absolute atomic E-state index is 14.3. The maximum Gasteiger partial charge on any atom is 0.276 e. The summed E-state index contributed by atoms with van der Waals surface area (Å²) < 4.78 is 34.7. The van der Waals surface area contributed by atoms with E-state index in [4.69, 9.17) is 10.1 Å². The summed E-state index contributed by atoms with van der Waals surface area (Å²) in [4.78, 5) is 27.8. The molecule has 11 heteroatoms. The van der Waals surface area contributed by atoms with Crippen molar-refractivity contribution in [2.75, 3.05) is 41.8 Å². The number of aromatic nitrogens is 2. The molecule has 1 unspecified atom stereocenters. The van der Waals surface area contributed by atoms with Crippen LogP contribution >= 0.6 is 0 Å². The first-order valence-corrected chi connectivity index (χ1v) is 12.5. The summed E-state index contributed by atoms with van der Waals surface area (Å²) in [7, 11) is 0. The van der Waals surface area contributed by atoms with Crippen LogP contribution in [0.25, 0.3) is 5.69 Å². The number of benzene rings is 2. The number of ether oxygens (including phenoxy) is 1. The van der Waals surface area contributed by atoms with Gasteiger partial charge in [0.05, 0.1) is 24.0 Å². The number of nitrogens with zero attached hydrogens (tertiary/aromatic N) is 3. The Morgan fingerprint density at radius 1 is 1.11 bits per heavy atom. The van der Waals surface area contributed by atoms with Crippen LogP contribution in [0.3, 0.4) is 0 Å². The van der Waals surface area contributed by atoms with Gasteiger partial charge in [-0.1, -0.05) is 13.0 Å². The van der Waals surface area contributed by atoms with Gasteiger partial charge in [-0.05, 0) is 49.1 Å². The van der Waals surface area contributed by atoms with Gasteiger partial charge >= 0.3 is 0 Å². The first-order valence-electron chi connectivity index (χ1n) is 12.5. The molecule has 198 valence electrons. The molecule has 3 heterocycles. The highest BCUT2D eigenvalue weighted by Crippen LogP contribution is 2.38. The van der Waals surface area contributed by atoms with Crippen LogP contribution in [0.15, 0.2) is 47.3 Å². The third-order valence-electron chi connectivity index (χ3n) is 6.82. The molecule has 2 aliphatic rings. The zero-order chi connectivity index (χ0) is 26.8. The Labute approximate surface area is 217 Å². The number of anilines is 3. The molecule has 2 aromatic carbocycles. The smallest absolute Gasteiger partial charge is 0.276 e. The van der Waals surface area contributed by atoms with Crippen molar-refractivity contribution < 1.29 is 18.3 Å². The molecule has 5 rings (SSSR count). The van der Waals surface area contributed by atoms with E-state index in [-0.39, 0.29) is 11.7 Å². The summed E-state index contributed by atoms with van der Waals surface area (Å²) in [5.41, 5.74) is 0.933. The summed E-state index contributed by atoms with van der Waals surface area (Å²) >= 11 is 0. The highest BCUT2D eigenvalue weighted by Gasteiger charge is 2.27. The van der Waals surface area contributed by atoms with E-state index in [0.29, 0.717) is 40.8 Å². The molecule has 9 nitrogen and oxygen atoms in total. The average molecular weight is 523 g/mol. The highest BCUT2D eigenvalue weighted by atomic mass is 19.1. The van der Waals surface area contributed by atoms with Crippen molar-refractivity contribution in [3.63, 3.8) is 0 Å². The molecular formula is C27H28F2N6O3. The van der Waals surface area contributed by atoms with E-state index in [1.54, 1.807) is 12.1 Å². The Hall–Kier alpha value is -4.12. The van der Waals surface area contributed by atoms with Gasteiger partial charge in [0, 0.05) is 43.2 Å².